The molecule has 0 amide bonds. The zero-order valence-corrected chi connectivity index (χ0v) is 14.9. The smallest absolute Gasteiger partial charge is 0.233 e. The summed E-state index contributed by atoms with van der Waals surface area (Å²) in [7, 11) is 0. The van der Waals surface area contributed by atoms with Crippen LogP contribution in [0.25, 0.3) is 10.8 Å². The van der Waals surface area contributed by atoms with E-state index in [9.17, 15) is 0 Å². The highest BCUT2D eigenvalue weighted by Gasteiger charge is 2.24. The molecular formula is C16H18N6O2S. The van der Waals surface area contributed by atoms with Gasteiger partial charge in [-0.25, -0.2) is 0 Å². The minimum Gasteiger partial charge on any atom is -0.490 e. The Morgan fingerprint density at radius 1 is 1.24 bits per heavy atom. The van der Waals surface area contributed by atoms with Crippen LogP contribution in [0.4, 0.5) is 5.13 Å². The van der Waals surface area contributed by atoms with Crippen molar-refractivity contribution in [2.24, 2.45) is 0 Å². The highest BCUT2D eigenvalue weighted by atomic mass is 32.1. The van der Waals surface area contributed by atoms with Gasteiger partial charge in [0.25, 0.3) is 0 Å². The van der Waals surface area contributed by atoms with Crippen molar-refractivity contribution < 1.29 is 9.26 Å². The molecule has 3 aromatic heterocycles. The van der Waals surface area contributed by atoms with Crippen LogP contribution in [-0.4, -0.2) is 44.5 Å². The summed E-state index contributed by atoms with van der Waals surface area (Å²) in [5.41, 5.74) is 1.06. The summed E-state index contributed by atoms with van der Waals surface area (Å²) in [6, 6.07) is 1.92. The summed E-state index contributed by atoms with van der Waals surface area (Å²) >= 11 is 1.48. The van der Waals surface area contributed by atoms with Crippen LogP contribution in [-0.2, 0) is 0 Å². The Hall–Kier alpha value is -2.55. The van der Waals surface area contributed by atoms with Crippen molar-refractivity contribution in [1.29, 1.82) is 0 Å². The molecule has 4 heterocycles. The predicted octanol–water partition coefficient (Wildman–Crippen LogP) is 2.65. The third kappa shape index (κ3) is 3.46. The van der Waals surface area contributed by atoms with Crippen molar-refractivity contribution in [3.05, 3.63) is 29.9 Å². The standard InChI is InChI=1S/C16H18N6O2S/c1-10-9-17-6-3-13(10)23-12-4-7-22(8-5-12)16-20-19-15(25-16)14-18-11(2)24-21-14/h3,6,9,12H,4-5,7-8H2,1-2H3. The Bertz CT molecular complexity index is 856. The van der Waals surface area contributed by atoms with Gasteiger partial charge in [0.05, 0.1) is 0 Å². The van der Waals surface area contributed by atoms with Crippen LogP contribution in [0.5, 0.6) is 5.75 Å². The highest BCUT2D eigenvalue weighted by Crippen LogP contribution is 2.29. The third-order valence-electron chi connectivity index (χ3n) is 4.11. The molecule has 8 nitrogen and oxygen atoms in total. The first kappa shape index (κ1) is 15.9. The van der Waals surface area contributed by atoms with E-state index in [0.717, 1.165) is 42.4 Å². The van der Waals surface area contributed by atoms with Crippen LogP contribution < -0.4 is 9.64 Å². The lowest BCUT2D eigenvalue weighted by Gasteiger charge is -2.31. The molecule has 130 valence electrons. The zero-order valence-electron chi connectivity index (χ0n) is 14.0. The average Bonchev–Trinajstić information content (AvgIpc) is 3.27. The Kier molecular flexibility index (Phi) is 4.31. The number of nitrogens with zero attached hydrogens (tertiary/aromatic N) is 6. The van der Waals surface area contributed by atoms with E-state index in [0.29, 0.717) is 16.7 Å². The van der Waals surface area contributed by atoms with Crippen molar-refractivity contribution in [2.45, 2.75) is 32.8 Å². The van der Waals surface area contributed by atoms with Crippen molar-refractivity contribution in [1.82, 2.24) is 25.3 Å². The molecule has 0 unspecified atom stereocenters. The minimum absolute atomic E-state index is 0.213. The minimum atomic E-state index is 0.213. The van der Waals surface area contributed by atoms with E-state index in [1.165, 1.54) is 11.3 Å². The van der Waals surface area contributed by atoms with Gasteiger partial charge in [0.15, 0.2) is 5.01 Å². The summed E-state index contributed by atoms with van der Waals surface area (Å²) in [6.45, 7) is 5.54. The fourth-order valence-corrected chi connectivity index (χ4v) is 3.58. The monoisotopic (exact) mass is 358 g/mol. The highest BCUT2D eigenvalue weighted by molar-refractivity contribution is 7.18. The SMILES string of the molecule is Cc1nc(-c2nnc(N3CCC(Oc4ccncc4C)CC3)s2)no1. The van der Waals surface area contributed by atoms with Crippen LogP contribution >= 0.6 is 11.3 Å². The maximum absolute atomic E-state index is 6.12. The van der Waals surface area contributed by atoms with E-state index in [1.54, 1.807) is 13.1 Å². The molecule has 0 spiro atoms. The van der Waals surface area contributed by atoms with Crippen molar-refractivity contribution >= 4 is 16.5 Å². The number of anilines is 1. The quantitative estimate of drug-likeness (QED) is 0.703. The Balaban J connectivity index is 1.37. The number of aromatic nitrogens is 5. The molecule has 3 aromatic rings. The molecule has 0 radical (unpaired) electrons. The largest absolute Gasteiger partial charge is 0.490 e. The van der Waals surface area contributed by atoms with Gasteiger partial charge < -0.3 is 14.2 Å². The molecule has 1 aliphatic heterocycles. The lowest BCUT2D eigenvalue weighted by Crippen LogP contribution is -2.38. The third-order valence-corrected chi connectivity index (χ3v) is 5.09. The summed E-state index contributed by atoms with van der Waals surface area (Å²) in [5.74, 6) is 1.93. The normalized spacial score (nSPS) is 15.5. The van der Waals surface area contributed by atoms with Crippen LogP contribution in [0.15, 0.2) is 23.0 Å². The van der Waals surface area contributed by atoms with Gasteiger partial charge in [0, 0.05) is 50.8 Å². The molecule has 25 heavy (non-hydrogen) atoms. The van der Waals surface area contributed by atoms with Crippen LogP contribution in [0.1, 0.15) is 24.3 Å². The molecule has 0 atom stereocenters. The van der Waals surface area contributed by atoms with Gasteiger partial charge in [-0.15, -0.1) is 10.2 Å². The van der Waals surface area contributed by atoms with Crippen LogP contribution in [0, 0.1) is 13.8 Å². The number of ether oxygens (including phenoxy) is 1. The van der Waals surface area contributed by atoms with E-state index in [-0.39, 0.29) is 6.10 Å². The summed E-state index contributed by atoms with van der Waals surface area (Å²) in [4.78, 5) is 10.5. The van der Waals surface area contributed by atoms with E-state index < -0.39 is 0 Å². The first-order chi connectivity index (χ1) is 12.2. The van der Waals surface area contributed by atoms with Gasteiger partial charge in [0.1, 0.15) is 11.9 Å². The Labute approximate surface area is 148 Å². The van der Waals surface area contributed by atoms with E-state index >= 15 is 0 Å². The van der Waals surface area contributed by atoms with Gasteiger partial charge in [-0.2, -0.15) is 4.98 Å². The number of hydrogen-bond donors (Lipinski definition) is 0. The lowest BCUT2D eigenvalue weighted by molar-refractivity contribution is 0.169. The van der Waals surface area contributed by atoms with Gasteiger partial charge in [-0.1, -0.05) is 16.5 Å². The van der Waals surface area contributed by atoms with Gasteiger partial charge >= 0.3 is 0 Å². The molecular weight excluding hydrogens is 340 g/mol. The first-order valence-electron chi connectivity index (χ1n) is 8.15. The van der Waals surface area contributed by atoms with E-state index in [4.69, 9.17) is 9.26 Å². The van der Waals surface area contributed by atoms with E-state index in [1.807, 2.05) is 19.2 Å². The van der Waals surface area contributed by atoms with Crippen molar-refractivity contribution in [2.75, 3.05) is 18.0 Å². The van der Waals surface area contributed by atoms with Gasteiger partial charge in [-0.3, -0.25) is 4.98 Å². The van der Waals surface area contributed by atoms with Crippen molar-refractivity contribution in [3.8, 4) is 16.6 Å². The fraction of sp³-hybridized carbons (Fsp3) is 0.438. The molecule has 0 N–H and O–H groups in total. The van der Waals surface area contributed by atoms with Crippen LogP contribution in [0.3, 0.4) is 0 Å². The molecule has 1 aliphatic rings. The maximum Gasteiger partial charge on any atom is 0.233 e. The Morgan fingerprint density at radius 2 is 2.08 bits per heavy atom. The van der Waals surface area contributed by atoms with Crippen molar-refractivity contribution in [3.63, 3.8) is 0 Å². The molecule has 4 rings (SSSR count). The molecule has 1 fully saturated rings. The molecule has 0 aliphatic carbocycles. The number of pyridine rings is 1. The van der Waals surface area contributed by atoms with Crippen LogP contribution in [0.2, 0.25) is 0 Å². The molecule has 0 bridgehead atoms. The fourth-order valence-electron chi connectivity index (χ4n) is 2.76. The second-order valence-corrected chi connectivity index (χ2v) is 6.93. The second kappa shape index (κ2) is 6.75. The summed E-state index contributed by atoms with van der Waals surface area (Å²) in [6.07, 6.45) is 5.69. The maximum atomic E-state index is 6.12. The van der Waals surface area contributed by atoms with Gasteiger partial charge in [0.2, 0.25) is 16.8 Å². The van der Waals surface area contributed by atoms with Gasteiger partial charge in [-0.05, 0) is 13.0 Å². The molecule has 0 aromatic carbocycles. The summed E-state index contributed by atoms with van der Waals surface area (Å²) in [5, 5.41) is 13.9. The number of hydrogen-bond acceptors (Lipinski definition) is 9. The number of aryl methyl sites for hydroxylation is 2. The second-order valence-electron chi connectivity index (χ2n) is 5.97. The predicted molar refractivity (Wildman–Crippen MR) is 92.8 cm³/mol. The summed E-state index contributed by atoms with van der Waals surface area (Å²) < 4.78 is 11.1. The number of piperidine rings is 1. The molecule has 0 saturated carbocycles. The molecule has 9 heteroatoms. The molecule has 1 saturated heterocycles. The number of rotatable bonds is 4. The lowest BCUT2D eigenvalue weighted by atomic mass is 10.1. The topological polar surface area (TPSA) is 90.1 Å². The average molecular weight is 358 g/mol. The Morgan fingerprint density at radius 3 is 2.80 bits per heavy atom. The zero-order chi connectivity index (χ0) is 17.2. The van der Waals surface area contributed by atoms with E-state index in [2.05, 4.69) is 30.2 Å². The first-order valence-corrected chi connectivity index (χ1v) is 8.97.